The zero-order valence-corrected chi connectivity index (χ0v) is 15.5. The number of anilines is 1. The molecule has 2 aromatic rings. The number of hydrogen-bond acceptors (Lipinski definition) is 4. The predicted molar refractivity (Wildman–Crippen MR) is 102 cm³/mol. The van der Waals surface area contributed by atoms with Gasteiger partial charge in [-0.05, 0) is 30.3 Å². The summed E-state index contributed by atoms with van der Waals surface area (Å²) in [5.41, 5.74) is 6.18. The number of amides is 2. The number of para-hydroxylation sites is 1. The van der Waals surface area contributed by atoms with Gasteiger partial charge in [-0.2, -0.15) is 0 Å². The Morgan fingerprint density at radius 2 is 1.77 bits per heavy atom. The molecule has 0 unspecified atom stereocenters. The molecule has 0 radical (unpaired) electrons. The van der Waals surface area contributed by atoms with E-state index in [9.17, 15) is 14.4 Å². The van der Waals surface area contributed by atoms with Gasteiger partial charge in [-0.1, -0.05) is 35.3 Å². The summed E-state index contributed by atoms with van der Waals surface area (Å²) >= 11 is 12.0. The molecule has 0 heterocycles. The smallest absolute Gasteiger partial charge is 0.246 e. The van der Waals surface area contributed by atoms with Crippen molar-refractivity contribution in [3.8, 4) is 0 Å². The third-order valence-electron chi connectivity index (χ3n) is 3.68. The van der Waals surface area contributed by atoms with Crippen molar-refractivity contribution in [1.29, 1.82) is 0 Å². The van der Waals surface area contributed by atoms with E-state index in [0.29, 0.717) is 16.3 Å². The molecule has 0 saturated heterocycles. The van der Waals surface area contributed by atoms with Crippen LogP contribution in [0.5, 0.6) is 0 Å². The number of nitrogens with one attached hydrogen (secondary N) is 1. The number of ketones is 1. The minimum absolute atomic E-state index is 0.207. The highest BCUT2D eigenvalue weighted by Gasteiger charge is 2.21. The second-order valence-corrected chi connectivity index (χ2v) is 6.25. The van der Waals surface area contributed by atoms with Crippen molar-refractivity contribution in [3.63, 3.8) is 0 Å². The molecule has 6 nitrogen and oxygen atoms in total. The van der Waals surface area contributed by atoms with Crippen LogP contribution >= 0.6 is 23.2 Å². The summed E-state index contributed by atoms with van der Waals surface area (Å²) in [5, 5.41) is 3.05. The Morgan fingerprint density at radius 1 is 1.08 bits per heavy atom. The normalized spacial score (nSPS) is 10.3. The number of likely N-dealkylation sites (N-methyl/N-ethyl adjacent to an activating group) is 1. The van der Waals surface area contributed by atoms with E-state index in [1.54, 1.807) is 30.3 Å². The molecule has 0 aliphatic heterocycles. The molecule has 8 heteroatoms. The van der Waals surface area contributed by atoms with Crippen molar-refractivity contribution in [1.82, 2.24) is 5.32 Å². The Labute approximate surface area is 160 Å². The van der Waals surface area contributed by atoms with Gasteiger partial charge in [0.25, 0.3) is 0 Å². The number of hydrogen-bond donors (Lipinski definition) is 2. The fourth-order valence-corrected chi connectivity index (χ4v) is 2.77. The molecule has 2 rings (SSSR count). The van der Waals surface area contributed by atoms with Crippen LogP contribution in [0.1, 0.15) is 15.9 Å². The van der Waals surface area contributed by atoms with Crippen LogP contribution < -0.4 is 16.0 Å². The van der Waals surface area contributed by atoms with Crippen molar-refractivity contribution in [2.45, 2.75) is 0 Å². The second kappa shape index (κ2) is 8.80. The number of halogens is 2. The van der Waals surface area contributed by atoms with Gasteiger partial charge in [-0.3, -0.25) is 14.4 Å². The molecule has 0 aromatic heterocycles. The Kier molecular flexibility index (Phi) is 6.74. The lowest BCUT2D eigenvalue weighted by Crippen LogP contribution is -2.40. The largest absolute Gasteiger partial charge is 0.346 e. The molecule has 0 aliphatic rings. The molecule has 0 saturated carbocycles. The SMILES string of the molecule is CN(C(=O)CNC(=O)CN)c1ccccc1C(=O)c1ccc(Cl)cc1Cl. The summed E-state index contributed by atoms with van der Waals surface area (Å²) in [6.07, 6.45) is 0. The highest BCUT2D eigenvalue weighted by Crippen LogP contribution is 2.27. The number of rotatable bonds is 6. The first-order valence-electron chi connectivity index (χ1n) is 7.67. The Morgan fingerprint density at radius 3 is 2.42 bits per heavy atom. The summed E-state index contributed by atoms with van der Waals surface area (Å²) in [7, 11) is 1.52. The first-order valence-corrected chi connectivity index (χ1v) is 8.42. The second-order valence-electron chi connectivity index (χ2n) is 5.40. The van der Waals surface area contributed by atoms with E-state index in [-0.39, 0.29) is 29.5 Å². The highest BCUT2D eigenvalue weighted by atomic mass is 35.5. The fourth-order valence-electron chi connectivity index (χ4n) is 2.28. The number of nitrogens with zero attached hydrogens (tertiary/aromatic N) is 1. The van der Waals surface area contributed by atoms with Gasteiger partial charge in [-0.25, -0.2) is 0 Å². The van der Waals surface area contributed by atoms with Gasteiger partial charge < -0.3 is 16.0 Å². The maximum Gasteiger partial charge on any atom is 0.246 e. The summed E-state index contributed by atoms with van der Waals surface area (Å²) < 4.78 is 0. The molecular formula is C18H17Cl2N3O3. The maximum absolute atomic E-state index is 12.9. The zero-order valence-electron chi connectivity index (χ0n) is 14.0. The average Bonchev–Trinajstić information content (AvgIpc) is 2.64. The number of carbonyl (C=O) groups is 3. The van der Waals surface area contributed by atoms with Gasteiger partial charge in [0.15, 0.2) is 5.78 Å². The lowest BCUT2D eigenvalue weighted by molar-refractivity contribution is -0.124. The van der Waals surface area contributed by atoms with Crippen LogP contribution in [-0.2, 0) is 9.59 Å². The molecule has 2 amide bonds. The molecule has 0 atom stereocenters. The van der Waals surface area contributed by atoms with E-state index < -0.39 is 11.8 Å². The maximum atomic E-state index is 12.9. The van der Waals surface area contributed by atoms with Crippen LogP contribution in [0.3, 0.4) is 0 Å². The van der Waals surface area contributed by atoms with Crippen LogP contribution in [0.4, 0.5) is 5.69 Å². The summed E-state index contributed by atoms with van der Waals surface area (Å²) in [4.78, 5) is 37.7. The van der Waals surface area contributed by atoms with Crippen molar-refractivity contribution < 1.29 is 14.4 Å². The summed E-state index contributed by atoms with van der Waals surface area (Å²) in [5.74, 6) is -1.17. The Hall–Kier alpha value is -2.41. The van der Waals surface area contributed by atoms with Crippen LogP contribution in [-0.4, -0.2) is 37.7 Å². The van der Waals surface area contributed by atoms with Crippen molar-refractivity contribution >= 4 is 46.5 Å². The standard InChI is InChI=1S/C18H17Cl2N3O3/c1-23(17(25)10-22-16(24)9-21)15-5-3-2-4-13(15)18(26)12-7-6-11(19)8-14(12)20/h2-8H,9-10,21H2,1H3,(H,22,24). The molecule has 0 bridgehead atoms. The third-order valence-corrected chi connectivity index (χ3v) is 4.23. The van der Waals surface area contributed by atoms with E-state index in [0.717, 1.165) is 0 Å². The van der Waals surface area contributed by atoms with E-state index in [1.165, 1.54) is 24.1 Å². The monoisotopic (exact) mass is 393 g/mol. The Bertz CT molecular complexity index is 855. The molecule has 0 aliphatic carbocycles. The van der Waals surface area contributed by atoms with Crippen LogP contribution in [0.25, 0.3) is 0 Å². The number of benzene rings is 2. The van der Waals surface area contributed by atoms with E-state index >= 15 is 0 Å². The molecule has 0 fully saturated rings. The molecule has 26 heavy (non-hydrogen) atoms. The fraction of sp³-hybridized carbons (Fsp3) is 0.167. The molecule has 0 spiro atoms. The molecular weight excluding hydrogens is 377 g/mol. The average molecular weight is 394 g/mol. The minimum Gasteiger partial charge on any atom is -0.346 e. The quantitative estimate of drug-likeness (QED) is 0.736. The van der Waals surface area contributed by atoms with Crippen molar-refractivity contribution in [3.05, 3.63) is 63.6 Å². The van der Waals surface area contributed by atoms with Gasteiger partial charge in [0.2, 0.25) is 11.8 Å². The van der Waals surface area contributed by atoms with Gasteiger partial charge in [0.1, 0.15) is 0 Å². The van der Waals surface area contributed by atoms with Gasteiger partial charge in [-0.15, -0.1) is 0 Å². The van der Waals surface area contributed by atoms with Gasteiger partial charge >= 0.3 is 0 Å². The molecule has 2 aromatic carbocycles. The minimum atomic E-state index is -0.441. The number of carbonyl (C=O) groups excluding carboxylic acids is 3. The van der Waals surface area contributed by atoms with Crippen molar-refractivity contribution in [2.75, 3.05) is 25.0 Å². The van der Waals surface area contributed by atoms with Crippen LogP contribution in [0, 0.1) is 0 Å². The first kappa shape index (κ1) is 19.9. The van der Waals surface area contributed by atoms with Gasteiger partial charge in [0, 0.05) is 23.2 Å². The summed E-state index contributed by atoms with van der Waals surface area (Å²) in [6.45, 7) is -0.433. The zero-order chi connectivity index (χ0) is 19.3. The third kappa shape index (κ3) is 4.60. The van der Waals surface area contributed by atoms with E-state index in [4.69, 9.17) is 28.9 Å². The van der Waals surface area contributed by atoms with E-state index in [2.05, 4.69) is 5.32 Å². The molecule has 136 valence electrons. The predicted octanol–water partition coefficient (Wildman–Crippen LogP) is 2.26. The topological polar surface area (TPSA) is 92.5 Å². The van der Waals surface area contributed by atoms with Crippen LogP contribution in [0.2, 0.25) is 10.0 Å². The van der Waals surface area contributed by atoms with Gasteiger partial charge in [0.05, 0.1) is 23.8 Å². The van der Waals surface area contributed by atoms with Crippen molar-refractivity contribution in [2.24, 2.45) is 5.73 Å². The lowest BCUT2D eigenvalue weighted by Gasteiger charge is -2.20. The lowest BCUT2D eigenvalue weighted by atomic mass is 10.0. The van der Waals surface area contributed by atoms with E-state index in [1.807, 2.05) is 0 Å². The highest BCUT2D eigenvalue weighted by molar-refractivity contribution is 6.37. The first-order chi connectivity index (χ1) is 12.3. The summed E-state index contributed by atoms with van der Waals surface area (Å²) in [6, 6.07) is 11.2. The number of nitrogens with two attached hydrogens (primary N) is 1. The molecule has 3 N–H and O–H groups in total. The Balaban J connectivity index is 2.30. The van der Waals surface area contributed by atoms with Crippen LogP contribution in [0.15, 0.2) is 42.5 Å².